The molecular weight excluding hydrogens is 210 g/mol. The van der Waals surface area contributed by atoms with Gasteiger partial charge >= 0.3 is 0 Å². The lowest BCUT2D eigenvalue weighted by molar-refractivity contribution is 0.320. The van der Waals surface area contributed by atoms with E-state index in [4.69, 9.17) is 0 Å². The van der Waals surface area contributed by atoms with Gasteiger partial charge in [0.15, 0.2) is 9.84 Å². The van der Waals surface area contributed by atoms with E-state index in [0.29, 0.717) is 5.75 Å². The second-order valence-corrected chi connectivity index (χ2v) is 7.86. The topological polar surface area (TPSA) is 46.2 Å². The lowest BCUT2D eigenvalue weighted by Crippen LogP contribution is -2.25. The fourth-order valence-electron chi connectivity index (χ4n) is 1.24. The maximum atomic E-state index is 11.6. The van der Waals surface area contributed by atoms with E-state index in [1.54, 1.807) is 13.8 Å². The Balaban J connectivity index is 4.14. The summed E-state index contributed by atoms with van der Waals surface area (Å²) in [5, 5.41) is 2.84. The molecule has 15 heavy (non-hydrogen) atoms. The van der Waals surface area contributed by atoms with E-state index in [2.05, 4.69) is 19.2 Å². The smallest absolute Gasteiger partial charge is 0.152 e. The lowest BCUT2D eigenvalue weighted by atomic mass is 9.86. The molecule has 0 aliphatic rings. The molecule has 0 aliphatic heterocycles. The van der Waals surface area contributed by atoms with Gasteiger partial charge in [-0.1, -0.05) is 13.8 Å². The molecule has 0 heterocycles. The standard InChI is InChI=1S/C11H25NO2S/c1-10(2)15(13,14)9-7-11(3,4)6-8-12-5/h10,12H,6-9H2,1-5H3. The van der Waals surface area contributed by atoms with Gasteiger partial charge in [0.25, 0.3) is 0 Å². The van der Waals surface area contributed by atoms with Crippen LogP contribution in [0.2, 0.25) is 0 Å². The van der Waals surface area contributed by atoms with Crippen molar-refractivity contribution >= 4 is 9.84 Å². The van der Waals surface area contributed by atoms with Gasteiger partial charge in [-0.2, -0.15) is 0 Å². The van der Waals surface area contributed by atoms with Crippen LogP contribution in [0.15, 0.2) is 0 Å². The second-order valence-electron chi connectivity index (χ2n) is 5.18. The minimum atomic E-state index is -2.88. The Hall–Kier alpha value is -0.0900. The molecule has 92 valence electrons. The van der Waals surface area contributed by atoms with E-state index >= 15 is 0 Å². The minimum Gasteiger partial charge on any atom is -0.320 e. The van der Waals surface area contributed by atoms with Crippen LogP contribution in [0.4, 0.5) is 0 Å². The van der Waals surface area contributed by atoms with Crippen molar-refractivity contribution in [3.63, 3.8) is 0 Å². The van der Waals surface area contributed by atoms with E-state index in [-0.39, 0.29) is 10.7 Å². The Labute approximate surface area is 94.6 Å². The van der Waals surface area contributed by atoms with E-state index in [9.17, 15) is 8.42 Å². The molecule has 0 aliphatic carbocycles. The Kier molecular flexibility index (Phi) is 5.81. The van der Waals surface area contributed by atoms with Gasteiger partial charge in [0, 0.05) is 0 Å². The van der Waals surface area contributed by atoms with E-state index in [0.717, 1.165) is 19.4 Å². The third-order valence-corrected chi connectivity index (χ3v) is 5.04. The molecule has 0 unspecified atom stereocenters. The molecule has 0 aromatic heterocycles. The summed E-state index contributed by atoms with van der Waals surface area (Å²) >= 11 is 0. The van der Waals surface area contributed by atoms with Gasteiger partial charge in [0.1, 0.15) is 0 Å². The zero-order valence-corrected chi connectivity index (χ0v) is 11.4. The Bertz CT molecular complexity index is 268. The predicted octanol–water partition coefficient (Wildman–Crippen LogP) is 1.84. The molecule has 0 spiro atoms. The molecule has 4 heteroatoms. The third-order valence-electron chi connectivity index (χ3n) is 2.83. The summed E-state index contributed by atoms with van der Waals surface area (Å²) in [7, 11) is -0.959. The van der Waals surface area contributed by atoms with Crippen molar-refractivity contribution in [1.82, 2.24) is 5.32 Å². The molecule has 0 saturated carbocycles. The van der Waals surface area contributed by atoms with Crippen molar-refractivity contribution in [3.05, 3.63) is 0 Å². The summed E-state index contributed by atoms with van der Waals surface area (Å²) in [5.74, 6) is 0.307. The van der Waals surface area contributed by atoms with Crippen molar-refractivity contribution in [3.8, 4) is 0 Å². The maximum absolute atomic E-state index is 11.6. The molecule has 1 N–H and O–H groups in total. The van der Waals surface area contributed by atoms with Crippen LogP contribution in [0.1, 0.15) is 40.5 Å². The fourth-order valence-corrected chi connectivity index (χ4v) is 2.55. The molecule has 0 aromatic carbocycles. The predicted molar refractivity (Wildman–Crippen MR) is 65.9 cm³/mol. The minimum absolute atomic E-state index is 0.102. The highest BCUT2D eigenvalue weighted by atomic mass is 32.2. The Morgan fingerprint density at radius 1 is 1.20 bits per heavy atom. The average molecular weight is 235 g/mol. The van der Waals surface area contributed by atoms with Gasteiger partial charge in [0.05, 0.1) is 11.0 Å². The van der Waals surface area contributed by atoms with Crippen molar-refractivity contribution < 1.29 is 8.42 Å². The maximum Gasteiger partial charge on any atom is 0.152 e. The summed E-state index contributed by atoms with van der Waals surface area (Å²) in [6.07, 6.45) is 1.76. The van der Waals surface area contributed by atoms with Gasteiger partial charge in [-0.3, -0.25) is 0 Å². The molecule has 0 amide bonds. The van der Waals surface area contributed by atoms with Crippen molar-refractivity contribution in [1.29, 1.82) is 0 Å². The van der Waals surface area contributed by atoms with Gasteiger partial charge in [-0.15, -0.1) is 0 Å². The van der Waals surface area contributed by atoms with E-state index < -0.39 is 9.84 Å². The fraction of sp³-hybridized carbons (Fsp3) is 1.00. The average Bonchev–Trinajstić information content (AvgIpc) is 2.12. The van der Waals surface area contributed by atoms with Crippen LogP contribution in [0.5, 0.6) is 0 Å². The SMILES string of the molecule is CNCCC(C)(C)CCS(=O)(=O)C(C)C. The van der Waals surface area contributed by atoms with Crippen LogP contribution in [0.25, 0.3) is 0 Å². The molecule has 0 aromatic rings. The first-order chi connectivity index (χ1) is 6.71. The summed E-state index contributed by atoms with van der Waals surface area (Å²) in [6, 6.07) is 0. The highest BCUT2D eigenvalue weighted by Gasteiger charge is 2.23. The number of hydrogen-bond acceptors (Lipinski definition) is 3. The first-order valence-corrected chi connectivity index (χ1v) is 7.29. The molecule has 0 radical (unpaired) electrons. The largest absolute Gasteiger partial charge is 0.320 e. The lowest BCUT2D eigenvalue weighted by Gasteiger charge is -2.24. The molecule has 0 rings (SSSR count). The van der Waals surface area contributed by atoms with Crippen LogP contribution in [-0.2, 0) is 9.84 Å². The normalized spacial score (nSPS) is 13.5. The summed E-state index contributed by atoms with van der Waals surface area (Å²) in [5.41, 5.74) is 0.102. The molecule has 0 saturated heterocycles. The summed E-state index contributed by atoms with van der Waals surface area (Å²) in [4.78, 5) is 0. The summed E-state index contributed by atoms with van der Waals surface area (Å²) in [6.45, 7) is 8.68. The van der Waals surface area contributed by atoms with Gasteiger partial charge in [-0.25, -0.2) is 8.42 Å². The first kappa shape index (κ1) is 14.9. The first-order valence-electron chi connectivity index (χ1n) is 5.57. The van der Waals surface area contributed by atoms with E-state index in [1.165, 1.54) is 0 Å². The summed E-state index contributed by atoms with van der Waals surface area (Å²) < 4.78 is 23.3. The molecule has 3 nitrogen and oxygen atoms in total. The number of hydrogen-bond donors (Lipinski definition) is 1. The monoisotopic (exact) mass is 235 g/mol. The molecule has 0 fully saturated rings. The van der Waals surface area contributed by atoms with Crippen molar-refractivity contribution in [2.24, 2.45) is 5.41 Å². The van der Waals surface area contributed by atoms with Gasteiger partial charge in [0.2, 0.25) is 0 Å². The number of rotatable bonds is 7. The number of sulfone groups is 1. The van der Waals surface area contributed by atoms with Crippen LogP contribution in [0, 0.1) is 5.41 Å². The molecular formula is C11H25NO2S. The zero-order chi connectivity index (χ0) is 12.1. The van der Waals surface area contributed by atoms with Crippen LogP contribution in [-0.4, -0.2) is 33.0 Å². The van der Waals surface area contributed by atoms with Crippen molar-refractivity contribution in [2.75, 3.05) is 19.3 Å². The highest BCUT2D eigenvalue weighted by molar-refractivity contribution is 7.91. The Morgan fingerprint density at radius 2 is 1.73 bits per heavy atom. The van der Waals surface area contributed by atoms with Crippen LogP contribution in [0.3, 0.4) is 0 Å². The van der Waals surface area contributed by atoms with Crippen LogP contribution < -0.4 is 5.32 Å². The third kappa shape index (κ3) is 6.15. The zero-order valence-electron chi connectivity index (χ0n) is 10.6. The van der Waals surface area contributed by atoms with Gasteiger partial charge in [-0.05, 0) is 45.7 Å². The van der Waals surface area contributed by atoms with Crippen LogP contribution >= 0.6 is 0 Å². The van der Waals surface area contributed by atoms with Gasteiger partial charge < -0.3 is 5.32 Å². The second kappa shape index (κ2) is 5.85. The van der Waals surface area contributed by atoms with Crippen molar-refractivity contribution in [2.45, 2.75) is 45.8 Å². The quantitative estimate of drug-likeness (QED) is 0.732. The Morgan fingerprint density at radius 3 is 2.13 bits per heavy atom. The molecule has 0 atom stereocenters. The highest BCUT2D eigenvalue weighted by Crippen LogP contribution is 2.25. The molecule has 0 bridgehead atoms. The number of nitrogens with one attached hydrogen (secondary N) is 1. The van der Waals surface area contributed by atoms with E-state index in [1.807, 2.05) is 7.05 Å².